The van der Waals surface area contributed by atoms with Crippen LogP contribution in [0.3, 0.4) is 0 Å². The number of carbonyl (C=O) groups is 1. The van der Waals surface area contributed by atoms with E-state index in [4.69, 9.17) is 0 Å². The Hall–Kier alpha value is -1.59. The minimum atomic E-state index is -0.102. The number of phenolic OH excluding ortho intramolecular Hbond substituents is 1. The molecule has 1 heterocycles. The van der Waals surface area contributed by atoms with Gasteiger partial charge in [0.25, 0.3) is 0 Å². The maximum absolute atomic E-state index is 11.8. The van der Waals surface area contributed by atoms with E-state index in [1.165, 1.54) is 0 Å². The average Bonchev–Trinajstić information content (AvgIpc) is 2.71. The maximum Gasteiger partial charge on any atom is 0.242 e. The van der Waals surface area contributed by atoms with E-state index in [1.807, 2.05) is 11.9 Å². The number of benzene rings is 1. The number of anilines is 1. The third-order valence-electron chi connectivity index (χ3n) is 2.92. The number of nitrogens with zero attached hydrogens (tertiary/aromatic N) is 2. The van der Waals surface area contributed by atoms with Crippen LogP contribution in [0.2, 0.25) is 0 Å². The number of aliphatic hydroxyl groups excluding tert-OH is 1. The van der Waals surface area contributed by atoms with Crippen molar-refractivity contribution in [3.63, 3.8) is 0 Å². The van der Waals surface area contributed by atoms with Crippen molar-refractivity contribution < 1.29 is 15.0 Å². The fraction of sp³-hybridized carbons (Fsp3) is 0.417. The summed E-state index contributed by atoms with van der Waals surface area (Å²) in [5.41, 5.74) is 0.714. The highest BCUT2D eigenvalue weighted by Crippen LogP contribution is 2.26. The maximum atomic E-state index is 11.8. The molecule has 92 valence electrons. The van der Waals surface area contributed by atoms with Crippen LogP contribution < -0.4 is 5.01 Å². The lowest BCUT2D eigenvalue weighted by Crippen LogP contribution is -2.46. The van der Waals surface area contributed by atoms with Crippen LogP contribution in [-0.2, 0) is 4.79 Å². The van der Waals surface area contributed by atoms with Crippen molar-refractivity contribution in [1.82, 2.24) is 5.01 Å². The second-order valence-electron chi connectivity index (χ2n) is 4.17. The van der Waals surface area contributed by atoms with Gasteiger partial charge in [0.05, 0.1) is 18.3 Å². The van der Waals surface area contributed by atoms with Gasteiger partial charge >= 0.3 is 0 Å². The van der Waals surface area contributed by atoms with Crippen LogP contribution in [0.15, 0.2) is 24.3 Å². The lowest BCUT2D eigenvalue weighted by Gasteiger charge is -2.32. The molecular weight excluding hydrogens is 220 g/mol. The van der Waals surface area contributed by atoms with Gasteiger partial charge in [0.15, 0.2) is 0 Å². The van der Waals surface area contributed by atoms with E-state index >= 15 is 0 Å². The average molecular weight is 236 g/mol. The lowest BCUT2D eigenvalue weighted by atomic mass is 10.3. The molecule has 1 amide bonds. The molecule has 0 aliphatic carbocycles. The first-order valence-electron chi connectivity index (χ1n) is 5.63. The number of hydrazine groups is 1. The van der Waals surface area contributed by atoms with Crippen LogP contribution in [-0.4, -0.2) is 40.3 Å². The van der Waals surface area contributed by atoms with E-state index in [2.05, 4.69) is 0 Å². The minimum absolute atomic E-state index is 0.00185. The topological polar surface area (TPSA) is 64.0 Å². The Morgan fingerprint density at radius 2 is 2.00 bits per heavy atom. The van der Waals surface area contributed by atoms with Crippen molar-refractivity contribution in [1.29, 1.82) is 0 Å². The molecule has 0 bridgehead atoms. The summed E-state index contributed by atoms with van der Waals surface area (Å²) in [5.74, 6) is 0.179. The van der Waals surface area contributed by atoms with E-state index in [0.29, 0.717) is 18.7 Å². The van der Waals surface area contributed by atoms with E-state index in [9.17, 15) is 15.0 Å². The van der Waals surface area contributed by atoms with Crippen LogP contribution in [0.4, 0.5) is 5.69 Å². The van der Waals surface area contributed by atoms with Crippen LogP contribution in [0.25, 0.3) is 0 Å². The summed E-state index contributed by atoms with van der Waals surface area (Å²) in [6.45, 7) is 2.48. The van der Waals surface area contributed by atoms with E-state index in [-0.39, 0.29) is 24.3 Å². The molecule has 1 aliphatic rings. The Labute approximate surface area is 99.9 Å². The van der Waals surface area contributed by atoms with E-state index in [0.717, 1.165) is 0 Å². The van der Waals surface area contributed by atoms with Crippen molar-refractivity contribution in [3.05, 3.63) is 24.3 Å². The number of hydrogen-bond donors (Lipinski definition) is 2. The first-order valence-corrected chi connectivity index (χ1v) is 5.63. The molecule has 1 saturated heterocycles. The summed E-state index contributed by atoms with van der Waals surface area (Å²) in [6, 6.07) is 6.37. The highest BCUT2D eigenvalue weighted by atomic mass is 16.3. The number of rotatable bonds is 3. The van der Waals surface area contributed by atoms with Gasteiger partial charge in [0.2, 0.25) is 5.91 Å². The zero-order valence-electron chi connectivity index (χ0n) is 9.71. The van der Waals surface area contributed by atoms with E-state index in [1.54, 1.807) is 29.3 Å². The number of hydrogen-bond acceptors (Lipinski definition) is 4. The third-order valence-corrected chi connectivity index (χ3v) is 2.92. The predicted octanol–water partition coefficient (Wildman–Crippen LogP) is 0.727. The largest absolute Gasteiger partial charge is 0.508 e. The molecule has 1 unspecified atom stereocenters. The molecule has 0 spiro atoms. The monoisotopic (exact) mass is 236 g/mol. The highest BCUT2D eigenvalue weighted by Gasteiger charge is 2.33. The van der Waals surface area contributed by atoms with Gasteiger partial charge in [-0.05, 0) is 31.2 Å². The van der Waals surface area contributed by atoms with Crippen LogP contribution >= 0.6 is 0 Å². The van der Waals surface area contributed by atoms with Gasteiger partial charge in [-0.1, -0.05) is 0 Å². The van der Waals surface area contributed by atoms with Crippen molar-refractivity contribution in [2.75, 3.05) is 18.2 Å². The normalized spacial score (nSPS) is 18.7. The molecule has 5 nitrogen and oxygen atoms in total. The summed E-state index contributed by atoms with van der Waals surface area (Å²) in [5, 5.41) is 21.8. The van der Waals surface area contributed by atoms with Crippen molar-refractivity contribution in [2.24, 2.45) is 0 Å². The molecular formula is C12H16N2O3. The van der Waals surface area contributed by atoms with Gasteiger partial charge in [-0.2, -0.15) is 0 Å². The SMILES string of the molecule is CC(CO)N1CCC(=O)N1c1ccc(O)cc1. The first kappa shape index (κ1) is 11.9. The highest BCUT2D eigenvalue weighted by molar-refractivity contribution is 5.94. The molecule has 1 aromatic rings. The fourth-order valence-corrected chi connectivity index (χ4v) is 1.96. The van der Waals surface area contributed by atoms with Crippen molar-refractivity contribution in [2.45, 2.75) is 19.4 Å². The summed E-state index contributed by atoms with van der Waals surface area (Å²) in [4.78, 5) is 11.8. The van der Waals surface area contributed by atoms with Gasteiger partial charge in [0, 0.05) is 13.0 Å². The second-order valence-corrected chi connectivity index (χ2v) is 4.17. The zero-order valence-corrected chi connectivity index (χ0v) is 9.71. The lowest BCUT2D eigenvalue weighted by molar-refractivity contribution is -0.118. The van der Waals surface area contributed by atoms with Crippen LogP contribution in [0, 0.1) is 0 Å². The Morgan fingerprint density at radius 3 is 2.59 bits per heavy atom. The summed E-state index contributed by atoms with van der Waals surface area (Å²) < 4.78 is 0. The number of carbonyl (C=O) groups excluding carboxylic acids is 1. The van der Waals surface area contributed by atoms with Gasteiger partial charge in [0.1, 0.15) is 5.75 Å². The molecule has 2 rings (SSSR count). The molecule has 5 heteroatoms. The van der Waals surface area contributed by atoms with Crippen molar-refractivity contribution >= 4 is 11.6 Å². The zero-order chi connectivity index (χ0) is 12.4. The van der Waals surface area contributed by atoms with Crippen molar-refractivity contribution in [3.8, 4) is 5.75 Å². The summed E-state index contributed by atoms with van der Waals surface area (Å²) >= 11 is 0. The van der Waals surface area contributed by atoms with E-state index < -0.39 is 0 Å². The van der Waals surface area contributed by atoms with Crippen LogP contribution in [0.1, 0.15) is 13.3 Å². The van der Waals surface area contributed by atoms with Gasteiger partial charge in [-0.15, -0.1) is 0 Å². The molecule has 1 fully saturated rings. The molecule has 1 aromatic carbocycles. The Morgan fingerprint density at radius 1 is 1.35 bits per heavy atom. The fourth-order valence-electron chi connectivity index (χ4n) is 1.96. The molecule has 1 atom stereocenters. The predicted molar refractivity (Wildman–Crippen MR) is 63.5 cm³/mol. The van der Waals surface area contributed by atoms with Gasteiger partial charge in [-0.25, -0.2) is 10.0 Å². The minimum Gasteiger partial charge on any atom is -0.508 e. The Balaban J connectivity index is 2.27. The molecule has 2 N–H and O–H groups in total. The summed E-state index contributed by atoms with van der Waals surface area (Å²) in [6.07, 6.45) is 0.450. The van der Waals surface area contributed by atoms with Crippen LogP contribution in [0.5, 0.6) is 5.75 Å². The first-order chi connectivity index (χ1) is 8.13. The summed E-state index contributed by atoms with van der Waals surface area (Å²) in [7, 11) is 0. The van der Waals surface area contributed by atoms with Gasteiger partial charge in [-0.3, -0.25) is 4.79 Å². The quantitative estimate of drug-likeness (QED) is 0.812. The molecule has 0 aromatic heterocycles. The number of amides is 1. The second kappa shape index (κ2) is 4.73. The smallest absolute Gasteiger partial charge is 0.242 e. The molecule has 0 radical (unpaired) electrons. The third kappa shape index (κ3) is 2.25. The number of phenols is 1. The van der Waals surface area contributed by atoms with Gasteiger partial charge < -0.3 is 10.2 Å². The Kier molecular flexibility index (Phi) is 3.31. The standard InChI is InChI=1S/C12H16N2O3/c1-9(8-15)13-7-6-12(17)14(13)10-2-4-11(16)5-3-10/h2-5,9,15-16H,6-8H2,1H3. The molecule has 0 saturated carbocycles. The molecule has 17 heavy (non-hydrogen) atoms. The number of aliphatic hydroxyl groups is 1. The number of aromatic hydroxyl groups is 1. The Bertz CT molecular complexity index is 405. The molecule has 1 aliphatic heterocycles.